The highest BCUT2D eigenvalue weighted by molar-refractivity contribution is 14.2. The molecule has 6 nitrogen and oxygen atoms in total. The molecule has 2 heterocycles. The zero-order valence-electron chi connectivity index (χ0n) is 15.2. The van der Waals surface area contributed by atoms with Gasteiger partial charge in [0.05, 0.1) is 23.7 Å². The number of hydrogen-bond acceptors (Lipinski definition) is 5. The summed E-state index contributed by atoms with van der Waals surface area (Å²) in [6.45, 7) is 2.80. The molecule has 0 aliphatic rings. The molecule has 1 N–H and O–H groups in total. The van der Waals surface area contributed by atoms with Gasteiger partial charge in [-0.05, 0) is 64.9 Å². The third-order valence-electron chi connectivity index (χ3n) is 3.99. The first-order valence-corrected chi connectivity index (χ1v) is 14.5. The van der Waals surface area contributed by atoms with Crippen molar-refractivity contribution >= 4 is 59.1 Å². The second-order valence-corrected chi connectivity index (χ2v) is 9.08. The Kier molecular flexibility index (Phi) is 7.41. The average molecular weight is 531 g/mol. The van der Waals surface area contributed by atoms with Crippen LogP contribution in [0.5, 0.6) is 5.88 Å². The number of hydrogen-bond donors (Lipinski definition) is 1. The minimum atomic E-state index is 0.0383. The summed E-state index contributed by atoms with van der Waals surface area (Å²) in [6.07, 6.45) is 2.40. The van der Waals surface area contributed by atoms with E-state index in [0.717, 1.165) is 40.1 Å². The summed E-state index contributed by atoms with van der Waals surface area (Å²) in [5.74, 6) is 3.90. The van der Waals surface area contributed by atoms with Crippen molar-refractivity contribution in [3.05, 3.63) is 30.1 Å². The van der Waals surface area contributed by atoms with Crippen molar-refractivity contribution in [1.29, 1.82) is 0 Å². The number of rotatable bonds is 6. The fraction of sp³-hybridized carbons (Fsp3) is 0.294. The highest BCUT2D eigenvalue weighted by Gasteiger charge is 2.17. The Labute approximate surface area is 179 Å². The van der Waals surface area contributed by atoms with Crippen molar-refractivity contribution in [3.63, 3.8) is 0 Å². The Morgan fingerprint density at radius 3 is 3.00 bits per heavy atom. The predicted octanol–water partition coefficient (Wildman–Crippen LogP) is 4.05. The van der Waals surface area contributed by atoms with Crippen molar-refractivity contribution in [2.24, 2.45) is 7.05 Å². The molecule has 142 valence electrons. The second kappa shape index (κ2) is 9.58. The molecule has 3 unspecified atom stereocenters. The maximum Gasteiger partial charge on any atom is 0.219 e. The third kappa shape index (κ3) is 4.60. The maximum absolute atomic E-state index is 6.13. The number of nitrogens with one attached hydrogen (secondary N) is 1. The van der Waals surface area contributed by atoms with Crippen LogP contribution < -0.4 is 10.1 Å². The number of aryl methyl sites for hydroxylation is 1. The molecular formula is C17H20IN5OP2S. The number of halogens is 1. The van der Waals surface area contributed by atoms with E-state index < -0.39 is 0 Å². The van der Waals surface area contributed by atoms with E-state index in [1.54, 1.807) is 4.68 Å². The molecule has 0 radical (unpaired) electrons. The van der Waals surface area contributed by atoms with Crippen LogP contribution in [-0.2, 0) is 7.05 Å². The minimum Gasteiger partial charge on any atom is -0.473 e. The number of likely N-dealkylation sites (N-methyl/N-ethyl adjacent to an activating group) is 1. The van der Waals surface area contributed by atoms with Gasteiger partial charge in [-0.25, -0.2) is 9.13 Å². The summed E-state index contributed by atoms with van der Waals surface area (Å²) in [5, 5.41) is 16.2. The van der Waals surface area contributed by atoms with Crippen LogP contribution in [0.15, 0.2) is 24.4 Å². The Bertz CT molecular complexity index is 1010. The number of nitrogens with zero attached hydrogens (tertiary/aromatic N) is 4. The van der Waals surface area contributed by atoms with Crippen molar-refractivity contribution in [2.75, 3.05) is 13.6 Å². The van der Waals surface area contributed by atoms with E-state index in [2.05, 4.69) is 75.4 Å². The van der Waals surface area contributed by atoms with Gasteiger partial charge in [0.25, 0.3) is 0 Å². The fourth-order valence-corrected chi connectivity index (χ4v) is 4.66. The van der Waals surface area contributed by atoms with Crippen molar-refractivity contribution < 1.29 is 4.74 Å². The summed E-state index contributed by atoms with van der Waals surface area (Å²) in [6, 6.07) is 6.31. The van der Waals surface area contributed by atoms with E-state index in [-0.39, 0.29) is 6.10 Å². The number of aromatic nitrogens is 4. The lowest BCUT2D eigenvalue weighted by atomic mass is 10.1. The van der Waals surface area contributed by atoms with Gasteiger partial charge in [-0.15, -0.1) is 0 Å². The zero-order chi connectivity index (χ0) is 19.4. The predicted molar refractivity (Wildman–Crippen MR) is 128 cm³/mol. The van der Waals surface area contributed by atoms with E-state index in [4.69, 9.17) is 4.74 Å². The Hall–Kier alpha value is -0.840. The van der Waals surface area contributed by atoms with Gasteiger partial charge in [0, 0.05) is 19.0 Å². The summed E-state index contributed by atoms with van der Waals surface area (Å²) in [4.78, 5) is 0. The number of fused-ring (bicyclic) bond motifs is 1. The van der Waals surface area contributed by atoms with Crippen LogP contribution in [0.25, 0.3) is 22.0 Å². The lowest BCUT2D eigenvalue weighted by Crippen LogP contribution is -2.26. The smallest absolute Gasteiger partial charge is 0.219 e. The largest absolute Gasteiger partial charge is 0.473 e. The molecule has 10 heteroatoms. The van der Waals surface area contributed by atoms with Crippen molar-refractivity contribution in [1.82, 2.24) is 24.6 Å². The molecule has 3 rings (SSSR count). The van der Waals surface area contributed by atoms with Gasteiger partial charge in [0.15, 0.2) is 0 Å². The van der Waals surface area contributed by atoms with Crippen LogP contribution in [0.2, 0.25) is 0 Å². The molecule has 0 bridgehead atoms. The van der Waals surface area contributed by atoms with Crippen LogP contribution in [0.1, 0.15) is 12.6 Å². The lowest BCUT2D eigenvalue weighted by Gasteiger charge is -2.15. The van der Waals surface area contributed by atoms with Crippen LogP contribution in [-0.4, -0.2) is 39.0 Å². The summed E-state index contributed by atoms with van der Waals surface area (Å²) in [5.41, 5.74) is 3.88. The standard InChI is InChI=1S/C17H20IN5OP2S/c1-11(9-19-2)24-17-14(10-20-22(17)3)12-4-5-16-13(8-12)15(6-7-27-25)21-23(16)26-18/h4-5,8,10-11,19,26H,9,25H2,1-3H3. The Balaban J connectivity index is 2.08. The fourth-order valence-electron chi connectivity index (χ4n) is 2.80. The Morgan fingerprint density at radius 1 is 1.48 bits per heavy atom. The first-order chi connectivity index (χ1) is 13.1. The highest BCUT2D eigenvalue weighted by Crippen LogP contribution is 2.35. The Morgan fingerprint density at radius 2 is 2.30 bits per heavy atom. The van der Waals surface area contributed by atoms with Crippen LogP contribution in [0, 0.1) is 11.2 Å². The molecule has 0 saturated heterocycles. The minimum absolute atomic E-state index is 0.0383. The van der Waals surface area contributed by atoms with Crippen LogP contribution in [0.4, 0.5) is 0 Å². The van der Waals surface area contributed by atoms with E-state index in [0.29, 0.717) is 6.37 Å². The molecule has 2 aromatic heterocycles. The molecule has 0 aliphatic carbocycles. The molecule has 0 spiro atoms. The van der Waals surface area contributed by atoms with Crippen molar-refractivity contribution in [3.8, 4) is 28.2 Å². The van der Waals surface area contributed by atoms with Gasteiger partial charge in [0.2, 0.25) is 5.88 Å². The third-order valence-corrected chi connectivity index (χ3v) is 6.43. The van der Waals surface area contributed by atoms with Gasteiger partial charge in [-0.1, -0.05) is 25.9 Å². The monoisotopic (exact) mass is 531 g/mol. The molecule has 3 aromatic rings. The summed E-state index contributed by atoms with van der Waals surface area (Å²) >= 11 is 3.74. The summed E-state index contributed by atoms with van der Waals surface area (Å²) < 4.78 is 9.89. The highest BCUT2D eigenvalue weighted by atomic mass is 127. The van der Waals surface area contributed by atoms with Crippen LogP contribution >= 0.6 is 48.2 Å². The number of benzene rings is 1. The molecule has 0 aliphatic heterocycles. The average Bonchev–Trinajstić information content (AvgIpc) is 3.20. The second-order valence-electron chi connectivity index (χ2n) is 5.89. The molecule has 0 amide bonds. The van der Waals surface area contributed by atoms with Gasteiger partial charge in [-0.2, -0.15) is 10.2 Å². The van der Waals surface area contributed by atoms with E-state index in [9.17, 15) is 0 Å². The first-order valence-electron chi connectivity index (χ1n) is 8.18. The molecule has 1 aromatic carbocycles. The molecule has 0 saturated carbocycles. The van der Waals surface area contributed by atoms with Crippen LogP contribution in [0.3, 0.4) is 0 Å². The molecule has 3 atom stereocenters. The normalized spacial score (nSPS) is 12.5. The lowest BCUT2D eigenvalue weighted by molar-refractivity contribution is 0.203. The quantitative estimate of drug-likeness (QED) is 0.296. The first kappa shape index (κ1) is 20.9. The van der Waals surface area contributed by atoms with E-state index in [1.165, 1.54) is 11.4 Å². The topological polar surface area (TPSA) is 56.9 Å². The van der Waals surface area contributed by atoms with Crippen molar-refractivity contribution in [2.45, 2.75) is 13.0 Å². The maximum atomic E-state index is 6.13. The molecular weight excluding hydrogens is 511 g/mol. The zero-order valence-corrected chi connectivity index (χ0v) is 20.3. The van der Waals surface area contributed by atoms with E-state index in [1.807, 2.05) is 31.7 Å². The van der Waals surface area contributed by atoms with Gasteiger partial charge >= 0.3 is 0 Å². The summed E-state index contributed by atoms with van der Waals surface area (Å²) in [7, 11) is 6.35. The SMILES string of the molecule is CNCC(C)Oc1c(-c2ccc3c(c2)c(C#CSP)nn3PI)cnn1C. The van der Waals surface area contributed by atoms with Gasteiger partial charge in [0.1, 0.15) is 11.8 Å². The van der Waals surface area contributed by atoms with Gasteiger partial charge < -0.3 is 10.1 Å². The van der Waals surface area contributed by atoms with Gasteiger partial charge in [-0.3, -0.25) is 0 Å². The molecule has 0 fully saturated rings. The number of ether oxygens (including phenoxy) is 1. The molecule has 27 heavy (non-hydrogen) atoms. The van der Waals surface area contributed by atoms with E-state index >= 15 is 0 Å².